The summed E-state index contributed by atoms with van der Waals surface area (Å²) in [5, 5.41) is 6.09. The van der Waals surface area contributed by atoms with Crippen LogP contribution in [0, 0.1) is 5.92 Å². The molecule has 0 aromatic carbocycles. The van der Waals surface area contributed by atoms with E-state index in [2.05, 4.69) is 10.6 Å². The number of hydrogen-bond donors (Lipinski definition) is 3. The molecule has 0 heterocycles. The van der Waals surface area contributed by atoms with Gasteiger partial charge in [-0.1, -0.05) is 0 Å². The predicted octanol–water partition coefficient (Wildman–Crippen LogP) is 0.145. The SMILES string of the molecule is CCNC(=O)C(C)NC1CCC(C(N)=O)CC1. The van der Waals surface area contributed by atoms with Crippen molar-refractivity contribution in [2.24, 2.45) is 11.7 Å². The highest BCUT2D eigenvalue weighted by Crippen LogP contribution is 2.24. The normalized spacial score (nSPS) is 26.2. The van der Waals surface area contributed by atoms with E-state index in [9.17, 15) is 9.59 Å². The third kappa shape index (κ3) is 4.34. The molecular weight excluding hydrogens is 218 g/mol. The first-order valence-electron chi connectivity index (χ1n) is 6.37. The highest BCUT2D eigenvalue weighted by molar-refractivity contribution is 5.81. The first-order chi connectivity index (χ1) is 8.04. The van der Waals surface area contributed by atoms with Crippen molar-refractivity contribution >= 4 is 11.8 Å². The molecule has 1 atom stereocenters. The highest BCUT2D eigenvalue weighted by Gasteiger charge is 2.26. The predicted molar refractivity (Wildman–Crippen MR) is 66.2 cm³/mol. The first-order valence-corrected chi connectivity index (χ1v) is 6.37. The number of nitrogens with two attached hydrogens (primary N) is 1. The zero-order chi connectivity index (χ0) is 12.8. The van der Waals surface area contributed by atoms with Crippen molar-refractivity contribution < 1.29 is 9.59 Å². The van der Waals surface area contributed by atoms with Crippen LogP contribution in [0.4, 0.5) is 0 Å². The Kier molecular flexibility index (Phi) is 5.41. The Balaban J connectivity index is 2.30. The molecule has 2 amide bonds. The summed E-state index contributed by atoms with van der Waals surface area (Å²) < 4.78 is 0. The molecule has 1 unspecified atom stereocenters. The Labute approximate surface area is 103 Å². The molecule has 0 aliphatic heterocycles. The van der Waals surface area contributed by atoms with E-state index >= 15 is 0 Å². The topological polar surface area (TPSA) is 84.2 Å². The lowest BCUT2D eigenvalue weighted by Crippen LogP contribution is -2.48. The fourth-order valence-corrected chi connectivity index (χ4v) is 2.30. The second kappa shape index (κ2) is 6.59. The molecule has 98 valence electrons. The summed E-state index contributed by atoms with van der Waals surface area (Å²) in [6.45, 7) is 4.42. The van der Waals surface area contributed by atoms with Gasteiger partial charge in [-0.2, -0.15) is 0 Å². The molecule has 4 N–H and O–H groups in total. The van der Waals surface area contributed by atoms with Gasteiger partial charge in [0, 0.05) is 18.5 Å². The maximum absolute atomic E-state index is 11.5. The molecule has 1 aliphatic rings. The van der Waals surface area contributed by atoms with Crippen molar-refractivity contribution in [3.05, 3.63) is 0 Å². The van der Waals surface area contributed by atoms with Gasteiger partial charge in [-0.25, -0.2) is 0 Å². The lowest BCUT2D eigenvalue weighted by atomic mass is 9.85. The molecule has 0 radical (unpaired) electrons. The van der Waals surface area contributed by atoms with Crippen LogP contribution in [0.5, 0.6) is 0 Å². The van der Waals surface area contributed by atoms with Crippen LogP contribution in [-0.2, 0) is 9.59 Å². The number of hydrogen-bond acceptors (Lipinski definition) is 3. The van der Waals surface area contributed by atoms with Crippen molar-refractivity contribution in [2.45, 2.75) is 51.6 Å². The molecule has 1 rings (SSSR count). The molecule has 5 heteroatoms. The zero-order valence-corrected chi connectivity index (χ0v) is 10.7. The molecule has 1 saturated carbocycles. The van der Waals surface area contributed by atoms with Crippen LogP contribution in [0.3, 0.4) is 0 Å². The van der Waals surface area contributed by atoms with Crippen molar-refractivity contribution in [1.82, 2.24) is 10.6 Å². The average molecular weight is 241 g/mol. The molecule has 0 saturated heterocycles. The van der Waals surface area contributed by atoms with Crippen molar-refractivity contribution in [3.63, 3.8) is 0 Å². The Bertz CT molecular complexity index is 273. The van der Waals surface area contributed by atoms with Crippen LogP contribution >= 0.6 is 0 Å². The number of carbonyl (C=O) groups is 2. The van der Waals surface area contributed by atoms with Gasteiger partial charge in [-0.05, 0) is 39.5 Å². The van der Waals surface area contributed by atoms with Gasteiger partial charge in [-0.15, -0.1) is 0 Å². The minimum atomic E-state index is -0.194. The van der Waals surface area contributed by atoms with Gasteiger partial charge < -0.3 is 16.4 Å². The van der Waals surface area contributed by atoms with Crippen molar-refractivity contribution in [1.29, 1.82) is 0 Å². The second-order valence-electron chi connectivity index (χ2n) is 4.73. The van der Waals surface area contributed by atoms with Gasteiger partial charge in [0.1, 0.15) is 0 Å². The summed E-state index contributed by atoms with van der Waals surface area (Å²) in [7, 11) is 0. The minimum absolute atomic E-state index is 0.0211. The molecule has 0 aromatic rings. The number of likely N-dealkylation sites (N-methyl/N-ethyl adjacent to an activating group) is 1. The maximum Gasteiger partial charge on any atom is 0.236 e. The van der Waals surface area contributed by atoms with E-state index in [4.69, 9.17) is 5.73 Å². The van der Waals surface area contributed by atoms with E-state index in [-0.39, 0.29) is 23.8 Å². The molecule has 1 fully saturated rings. The summed E-state index contributed by atoms with van der Waals surface area (Å²) in [5.74, 6) is -0.141. The fraction of sp³-hybridized carbons (Fsp3) is 0.833. The monoisotopic (exact) mass is 241 g/mol. The summed E-state index contributed by atoms with van der Waals surface area (Å²) in [4.78, 5) is 22.6. The molecular formula is C12H23N3O2. The van der Waals surface area contributed by atoms with Crippen LogP contribution < -0.4 is 16.4 Å². The van der Waals surface area contributed by atoms with E-state index in [0.717, 1.165) is 25.7 Å². The Hall–Kier alpha value is -1.10. The Morgan fingerprint density at radius 1 is 1.29 bits per heavy atom. The number of rotatable bonds is 5. The van der Waals surface area contributed by atoms with E-state index in [1.54, 1.807) is 0 Å². The summed E-state index contributed by atoms with van der Waals surface area (Å²) in [5.41, 5.74) is 5.28. The van der Waals surface area contributed by atoms with Gasteiger partial charge in [0.2, 0.25) is 11.8 Å². The average Bonchev–Trinajstić information content (AvgIpc) is 2.30. The van der Waals surface area contributed by atoms with E-state index in [1.165, 1.54) is 0 Å². The van der Waals surface area contributed by atoms with Crippen LogP contribution in [0.1, 0.15) is 39.5 Å². The number of carbonyl (C=O) groups excluding carboxylic acids is 2. The molecule has 1 aliphatic carbocycles. The van der Waals surface area contributed by atoms with Crippen LogP contribution in [-0.4, -0.2) is 30.4 Å². The summed E-state index contributed by atoms with van der Waals surface area (Å²) >= 11 is 0. The summed E-state index contributed by atoms with van der Waals surface area (Å²) in [6, 6.07) is 0.147. The minimum Gasteiger partial charge on any atom is -0.369 e. The Morgan fingerprint density at radius 3 is 2.35 bits per heavy atom. The van der Waals surface area contributed by atoms with Crippen LogP contribution in [0.25, 0.3) is 0 Å². The fourth-order valence-electron chi connectivity index (χ4n) is 2.30. The first kappa shape index (κ1) is 14.0. The third-order valence-electron chi connectivity index (χ3n) is 3.36. The van der Waals surface area contributed by atoms with Crippen molar-refractivity contribution in [2.75, 3.05) is 6.54 Å². The van der Waals surface area contributed by atoms with Gasteiger partial charge >= 0.3 is 0 Å². The quantitative estimate of drug-likeness (QED) is 0.640. The van der Waals surface area contributed by atoms with Crippen molar-refractivity contribution in [3.8, 4) is 0 Å². The van der Waals surface area contributed by atoms with E-state index in [1.807, 2.05) is 13.8 Å². The van der Waals surface area contributed by atoms with Gasteiger partial charge in [0.15, 0.2) is 0 Å². The maximum atomic E-state index is 11.5. The highest BCUT2D eigenvalue weighted by atomic mass is 16.2. The molecule has 0 spiro atoms. The second-order valence-corrected chi connectivity index (χ2v) is 4.73. The number of primary amides is 1. The van der Waals surface area contributed by atoms with Gasteiger partial charge in [0.25, 0.3) is 0 Å². The Morgan fingerprint density at radius 2 is 1.88 bits per heavy atom. The van der Waals surface area contributed by atoms with E-state index < -0.39 is 0 Å². The van der Waals surface area contributed by atoms with Crippen LogP contribution in [0.2, 0.25) is 0 Å². The standard InChI is InChI=1S/C12H23N3O2/c1-3-14-12(17)8(2)15-10-6-4-9(5-7-10)11(13)16/h8-10,15H,3-7H2,1-2H3,(H2,13,16)(H,14,17). The van der Waals surface area contributed by atoms with Crippen LogP contribution in [0.15, 0.2) is 0 Å². The summed E-state index contributed by atoms with van der Waals surface area (Å²) in [6.07, 6.45) is 3.49. The molecule has 0 aromatic heterocycles. The zero-order valence-electron chi connectivity index (χ0n) is 10.7. The molecule has 0 bridgehead atoms. The molecule has 5 nitrogen and oxygen atoms in total. The lowest BCUT2D eigenvalue weighted by molar-refractivity contribution is -0.124. The third-order valence-corrected chi connectivity index (χ3v) is 3.36. The molecule has 17 heavy (non-hydrogen) atoms. The van der Waals surface area contributed by atoms with Gasteiger partial charge in [-0.3, -0.25) is 9.59 Å². The van der Waals surface area contributed by atoms with E-state index in [0.29, 0.717) is 12.6 Å². The number of nitrogens with one attached hydrogen (secondary N) is 2. The smallest absolute Gasteiger partial charge is 0.236 e. The number of amides is 2. The largest absolute Gasteiger partial charge is 0.369 e. The lowest BCUT2D eigenvalue weighted by Gasteiger charge is -2.29. The van der Waals surface area contributed by atoms with Gasteiger partial charge in [0.05, 0.1) is 6.04 Å².